The zero-order chi connectivity index (χ0) is 26.4. The number of anilines is 2. The van der Waals surface area contributed by atoms with Crippen molar-refractivity contribution in [1.82, 2.24) is 34.3 Å². The molecule has 1 aromatic carbocycles. The Bertz CT molecular complexity index is 1470. The number of rotatable bonds is 6. The summed E-state index contributed by atoms with van der Waals surface area (Å²) in [5, 5.41) is 3.05. The van der Waals surface area contributed by atoms with Crippen molar-refractivity contribution in [1.29, 1.82) is 0 Å². The number of imidazole rings is 1. The van der Waals surface area contributed by atoms with Crippen LogP contribution in [0.4, 0.5) is 20.5 Å². The summed E-state index contributed by atoms with van der Waals surface area (Å²) in [4.78, 5) is 22.3. The van der Waals surface area contributed by atoms with Crippen LogP contribution < -0.4 is 5.32 Å². The maximum absolute atomic E-state index is 15.0. The first-order valence-corrected chi connectivity index (χ1v) is 13.2. The average Bonchev–Trinajstić information content (AvgIpc) is 3.39. The molecule has 1 fully saturated rings. The van der Waals surface area contributed by atoms with Crippen LogP contribution in [0, 0.1) is 17.0 Å². The van der Waals surface area contributed by atoms with Gasteiger partial charge in [0.25, 0.3) is 0 Å². The molecule has 8 nitrogen and oxygen atoms in total. The average molecular weight is 519 g/mol. The lowest BCUT2D eigenvalue weighted by atomic mass is 9.92. The van der Waals surface area contributed by atoms with Crippen LogP contribution in [0.5, 0.6) is 0 Å². The Labute approximate surface area is 220 Å². The minimum atomic E-state index is -0.623. The quantitative estimate of drug-likeness (QED) is 0.399. The summed E-state index contributed by atoms with van der Waals surface area (Å²) < 4.78 is 31.9. The highest BCUT2D eigenvalue weighted by Gasteiger charge is 2.32. The predicted octanol–water partition coefficient (Wildman–Crippen LogP) is 4.63. The number of aromatic nitrogens is 5. The first-order chi connectivity index (χ1) is 18.3. The molecule has 6 rings (SSSR count). The standard InChI is InChI=1S/C28H32F2N8/c1-4-36-7-9-37(10-8-36)16-18-5-6-23(31-14-18)33-27-32-15-21(30)25(35-27)19-11-20(29)26-22(12-19)38-17-28(2,3)13-24(38)34-26/h5-6,11-12,14-15H,4,7-10,13,16-17H2,1-3H3,(H,31,32,33,35). The summed E-state index contributed by atoms with van der Waals surface area (Å²) in [6.07, 6.45) is 3.71. The highest BCUT2D eigenvalue weighted by Crippen LogP contribution is 2.36. The summed E-state index contributed by atoms with van der Waals surface area (Å²) in [7, 11) is 0. The topological polar surface area (TPSA) is 75.0 Å². The van der Waals surface area contributed by atoms with Gasteiger partial charge in [0.15, 0.2) is 11.6 Å². The van der Waals surface area contributed by atoms with Crippen LogP contribution in [-0.4, -0.2) is 67.0 Å². The van der Waals surface area contributed by atoms with Gasteiger partial charge in [-0.25, -0.2) is 28.7 Å². The van der Waals surface area contributed by atoms with Crippen LogP contribution in [0.2, 0.25) is 0 Å². The highest BCUT2D eigenvalue weighted by atomic mass is 19.1. The number of benzene rings is 1. The van der Waals surface area contributed by atoms with Crippen molar-refractivity contribution in [3.8, 4) is 11.3 Å². The van der Waals surface area contributed by atoms with E-state index in [-0.39, 0.29) is 17.1 Å². The number of likely N-dealkylation sites (N-methyl/N-ethyl adjacent to an activating group) is 1. The molecule has 10 heteroatoms. The minimum absolute atomic E-state index is 0.0268. The number of hydrogen-bond donors (Lipinski definition) is 1. The lowest BCUT2D eigenvalue weighted by Crippen LogP contribution is -2.45. The molecular weight excluding hydrogens is 486 g/mol. The third kappa shape index (κ3) is 4.86. The van der Waals surface area contributed by atoms with Gasteiger partial charge in [0, 0.05) is 57.4 Å². The monoisotopic (exact) mass is 518 g/mol. The molecule has 0 atom stereocenters. The Morgan fingerprint density at radius 1 is 0.947 bits per heavy atom. The van der Waals surface area contributed by atoms with Gasteiger partial charge in [-0.15, -0.1) is 0 Å². The molecule has 198 valence electrons. The van der Waals surface area contributed by atoms with Crippen LogP contribution in [0.1, 0.15) is 32.2 Å². The first kappa shape index (κ1) is 24.8. The van der Waals surface area contributed by atoms with E-state index in [4.69, 9.17) is 0 Å². The zero-order valence-electron chi connectivity index (χ0n) is 22.0. The third-order valence-corrected chi connectivity index (χ3v) is 7.51. The molecule has 0 spiro atoms. The third-order valence-electron chi connectivity index (χ3n) is 7.51. The molecule has 38 heavy (non-hydrogen) atoms. The summed E-state index contributed by atoms with van der Waals surface area (Å²) in [5.41, 5.74) is 2.51. The second kappa shape index (κ2) is 9.67. The van der Waals surface area contributed by atoms with Crippen LogP contribution in [0.3, 0.4) is 0 Å². The molecule has 0 amide bonds. The van der Waals surface area contributed by atoms with Gasteiger partial charge < -0.3 is 14.8 Å². The predicted molar refractivity (Wildman–Crippen MR) is 143 cm³/mol. The molecular formula is C28H32F2N8. The molecule has 0 radical (unpaired) electrons. The number of halogens is 2. The highest BCUT2D eigenvalue weighted by molar-refractivity contribution is 5.83. The molecule has 3 aromatic heterocycles. The summed E-state index contributed by atoms with van der Waals surface area (Å²) in [6, 6.07) is 6.95. The molecule has 1 N–H and O–H groups in total. The van der Waals surface area contributed by atoms with Crippen molar-refractivity contribution in [3.63, 3.8) is 0 Å². The fraction of sp³-hybridized carbons (Fsp3) is 0.429. The molecule has 0 saturated carbocycles. The molecule has 0 bridgehead atoms. The molecule has 0 aliphatic carbocycles. The number of nitrogens with zero attached hydrogens (tertiary/aromatic N) is 7. The first-order valence-electron chi connectivity index (χ1n) is 13.2. The largest absolute Gasteiger partial charge is 0.327 e. The zero-order valence-corrected chi connectivity index (χ0v) is 22.0. The summed E-state index contributed by atoms with van der Waals surface area (Å²) >= 11 is 0. The van der Waals surface area contributed by atoms with Crippen molar-refractivity contribution in [2.75, 3.05) is 38.0 Å². The molecule has 4 aromatic rings. The Balaban J connectivity index is 1.21. The fourth-order valence-corrected chi connectivity index (χ4v) is 5.45. The van der Waals surface area contributed by atoms with Crippen molar-refractivity contribution >= 4 is 22.8 Å². The second-order valence-corrected chi connectivity index (χ2v) is 11.1. The maximum Gasteiger partial charge on any atom is 0.229 e. The van der Waals surface area contributed by atoms with E-state index in [1.54, 1.807) is 6.07 Å². The number of piperazine rings is 1. The fourth-order valence-electron chi connectivity index (χ4n) is 5.45. The van der Waals surface area contributed by atoms with Crippen molar-refractivity contribution < 1.29 is 8.78 Å². The molecule has 2 aliphatic rings. The van der Waals surface area contributed by atoms with E-state index in [0.717, 1.165) is 69.8 Å². The van der Waals surface area contributed by atoms with Crippen LogP contribution >= 0.6 is 0 Å². The van der Waals surface area contributed by atoms with E-state index in [0.29, 0.717) is 22.4 Å². The van der Waals surface area contributed by atoms with Gasteiger partial charge in [0.1, 0.15) is 22.9 Å². The lowest BCUT2D eigenvalue weighted by molar-refractivity contribution is 0.132. The number of hydrogen-bond acceptors (Lipinski definition) is 7. The van der Waals surface area contributed by atoms with E-state index in [1.807, 2.05) is 22.9 Å². The summed E-state index contributed by atoms with van der Waals surface area (Å²) in [5.74, 6) is 0.488. The van der Waals surface area contributed by atoms with Gasteiger partial charge >= 0.3 is 0 Å². The second-order valence-electron chi connectivity index (χ2n) is 11.1. The van der Waals surface area contributed by atoms with Crippen LogP contribution in [0.25, 0.3) is 22.3 Å². The van der Waals surface area contributed by atoms with Gasteiger partial charge in [-0.2, -0.15) is 0 Å². The Hall–Kier alpha value is -3.50. The van der Waals surface area contributed by atoms with E-state index in [1.165, 1.54) is 6.07 Å². The maximum atomic E-state index is 15.0. The Morgan fingerprint density at radius 2 is 1.74 bits per heavy atom. The van der Waals surface area contributed by atoms with Gasteiger partial charge in [-0.1, -0.05) is 26.8 Å². The SMILES string of the molecule is CCN1CCN(Cc2ccc(Nc3ncc(F)c(-c4cc(F)c5nc6n(c5c4)CC(C)(C)C6)n3)nc2)CC1. The van der Waals surface area contributed by atoms with Crippen molar-refractivity contribution in [2.45, 2.75) is 40.3 Å². The van der Waals surface area contributed by atoms with E-state index in [9.17, 15) is 4.39 Å². The number of fused-ring (bicyclic) bond motifs is 3. The lowest BCUT2D eigenvalue weighted by Gasteiger charge is -2.33. The number of pyridine rings is 1. The van der Waals surface area contributed by atoms with Crippen LogP contribution in [0.15, 0.2) is 36.7 Å². The van der Waals surface area contributed by atoms with Crippen molar-refractivity contribution in [3.05, 3.63) is 59.7 Å². The van der Waals surface area contributed by atoms with E-state index < -0.39 is 11.6 Å². The van der Waals surface area contributed by atoms with Crippen LogP contribution in [-0.2, 0) is 19.5 Å². The minimum Gasteiger partial charge on any atom is -0.327 e. The van der Waals surface area contributed by atoms with Gasteiger partial charge in [-0.05, 0) is 35.7 Å². The smallest absolute Gasteiger partial charge is 0.229 e. The summed E-state index contributed by atoms with van der Waals surface area (Å²) in [6.45, 7) is 13.5. The normalized spacial score (nSPS) is 17.7. The molecule has 0 unspecified atom stereocenters. The van der Waals surface area contributed by atoms with Gasteiger partial charge in [0.05, 0.1) is 11.7 Å². The van der Waals surface area contributed by atoms with Crippen molar-refractivity contribution in [2.24, 2.45) is 5.41 Å². The Morgan fingerprint density at radius 3 is 2.47 bits per heavy atom. The number of nitrogens with one attached hydrogen (secondary N) is 1. The molecule has 1 saturated heterocycles. The van der Waals surface area contributed by atoms with Gasteiger partial charge in [-0.3, -0.25) is 4.90 Å². The Kier molecular flexibility index (Phi) is 6.31. The van der Waals surface area contributed by atoms with Gasteiger partial charge in [0.2, 0.25) is 5.95 Å². The van der Waals surface area contributed by atoms with E-state index in [2.05, 4.69) is 55.8 Å². The molecule has 2 aliphatic heterocycles. The van der Waals surface area contributed by atoms with E-state index >= 15 is 4.39 Å². The molecule has 5 heterocycles.